The number of piperidine rings is 1. The van der Waals surface area contributed by atoms with Gasteiger partial charge in [0.25, 0.3) is 0 Å². The van der Waals surface area contributed by atoms with Crippen LogP contribution in [0.15, 0.2) is 0 Å². The zero-order valence-corrected chi connectivity index (χ0v) is 11.1. The summed E-state index contributed by atoms with van der Waals surface area (Å²) in [4.78, 5) is 13.4. The van der Waals surface area contributed by atoms with Crippen LogP contribution in [0.25, 0.3) is 0 Å². The number of carbonyl (C=O) groups is 1. The van der Waals surface area contributed by atoms with Crippen LogP contribution in [-0.2, 0) is 4.74 Å². The average Bonchev–Trinajstić information content (AvgIpc) is 2.16. The highest BCUT2D eigenvalue weighted by atomic mass is 16.6. The number of nitrogens with one attached hydrogen (secondary N) is 1. The summed E-state index contributed by atoms with van der Waals surface area (Å²) >= 11 is 0. The molecule has 104 valence electrons. The normalized spacial score (nSPS) is 31.1. The van der Waals surface area contributed by atoms with Gasteiger partial charge in [-0.3, -0.25) is 0 Å². The Kier molecular flexibility index (Phi) is 3.29. The summed E-state index contributed by atoms with van der Waals surface area (Å²) in [5.74, 6) is 0. The summed E-state index contributed by atoms with van der Waals surface area (Å²) in [5, 5.41) is 22.3. The SMILES string of the molecule is CC(C)(C)OC(=O)N1CC2(C[C@H](O)[C@H](O)CN2)C1. The van der Waals surface area contributed by atoms with Crippen LogP contribution in [0.2, 0.25) is 0 Å². The average molecular weight is 258 g/mol. The van der Waals surface area contributed by atoms with Crippen LogP contribution in [0.3, 0.4) is 0 Å². The van der Waals surface area contributed by atoms with Gasteiger partial charge in [-0.1, -0.05) is 0 Å². The Morgan fingerprint density at radius 3 is 2.44 bits per heavy atom. The van der Waals surface area contributed by atoms with Gasteiger partial charge < -0.3 is 25.2 Å². The van der Waals surface area contributed by atoms with Gasteiger partial charge in [0.15, 0.2) is 0 Å². The number of hydrogen-bond donors (Lipinski definition) is 3. The second-order valence-electron chi connectivity index (χ2n) is 6.34. The second-order valence-corrected chi connectivity index (χ2v) is 6.34. The third-order valence-electron chi connectivity index (χ3n) is 3.37. The van der Waals surface area contributed by atoms with E-state index in [0.29, 0.717) is 26.1 Å². The van der Waals surface area contributed by atoms with Gasteiger partial charge in [0.2, 0.25) is 0 Å². The van der Waals surface area contributed by atoms with Crippen molar-refractivity contribution in [3.63, 3.8) is 0 Å². The van der Waals surface area contributed by atoms with Gasteiger partial charge in [-0.15, -0.1) is 0 Å². The molecule has 18 heavy (non-hydrogen) atoms. The standard InChI is InChI=1S/C12H22N2O4/c1-11(2,3)18-10(17)14-6-12(7-14)4-8(15)9(16)5-13-12/h8-9,13,15-16H,4-7H2,1-3H3/t8-,9+/m0/s1. The Balaban J connectivity index is 1.85. The summed E-state index contributed by atoms with van der Waals surface area (Å²) < 4.78 is 5.27. The molecule has 0 unspecified atom stereocenters. The summed E-state index contributed by atoms with van der Waals surface area (Å²) in [7, 11) is 0. The Hall–Kier alpha value is -0.850. The molecule has 2 saturated heterocycles. The van der Waals surface area contributed by atoms with E-state index in [1.165, 1.54) is 0 Å². The maximum atomic E-state index is 11.8. The second kappa shape index (κ2) is 4.36. The minimum absolute atomic E-state index is 0.254. The first-order valence-corrected chi connectivity index (χ1v) is 6.30. The van der Waals surface area contributed by atoms with Gasteiger partial charge in [0.1, 0.15) is 5.60 Å². The molecule has 0 bridgehead atoms. The van der Waals surface area contributed by atoms with E-state index in [-0.39, 0.29) is 11.6 Å². The van der Waals surface area contributed by atoms with Crippen molar-refractivity contribution in [1.29, 1.82) is 0 Å². The molecule has 2 heterocycles. The first-order valence-electron chi connectivity index (χ1n) is 6.30. The molecule has 0 saturated carbocycles. The van der Waals surface area contributed by atoms with E-state index in [1.807, 2.05) is 20.8 Å². The van der Waals surface area contributed by atoms with Crippen LogP contribution in [0, 0.1) is 0 Å². The zero-order chi connectivity index (χ0) is 13.6. The predicted octanol–water partition coefficient (Wildman–Crippen LogP) is -0.309. The maximum Gasteiger partial charge on any atom is 0.410 e. The maximum absolute atomic E-state index is 11.8. The number of hydrogen-bond acceptors (Lipinski definition) is 5. The topological polar surface area (TPSA) is 82.0 Å². The van der Waals surface area contributed by atoms with Crippen LogP contribution < -0.4 is 5.32 Å². The van der Waals surface area contributed by atoms with Gasteiger partial charge in [-0.05, 0) is 27.2 Å². The first-order chi connectivity index (χ1) is 8.21. The fourth-order valence-electron chi connectivity index (χ4n) is 2.45. The molecule has 2 aliphatic rings. The number of rotatable bonds is 0. The van der Waals surface area contributed by atoms with E-state index < -0.39 is 17.8 Å². The van der Waals surface area contributed by atoms with Gasteiger partial charge in [-0.2, -0.15) is 0 Å². The lowest BCUT2D eigenvalue weighted by atomic mass is 9.80. The molecule has 2 aliphatic heterocycles. The predicted molar refractivity (Wildman–Crippen MR) is 65.2 cm³/mol. The minimum atomic E-state index is -0.716. The molecule has 3 N–H and O–H groups in total. The zero-order valence-electron chi connectivity index (χ0n) is 11.1. The van der Waals surface area contributed by atoms with Crippen molar-refractivity contribution in [3.05, 3.63) is 0 Å². The third kappa shape index (κ3) is 2.76. The van der Waals surface area contributed by atoms with Crippen molar-refractivity contribution < 1.29 is 19.7 Å². The number of ether oxygens (including phenoxy) is 1. The van der Waals surface area contributed by atoms with Crippen molar-refractivity contribution in [2.75, 3.05) is 19.6 Å². The smallest absolute Gasteiger partial charge is 0.410 e. The van der Waals surface area contributed by atoms with Crippen LogP contribution in [-0.4, -0.2) is 64.2 Å². The molecular weight excluding hydrogens is 236 g/mol. The van der Waals surface area contributed by atoms with Gasteiger partial charge in [0, 0.05) is 19.6 Å². The Bertz CT molecular complexity index is 333. The van der Waals surface area contributed by atoms with Crippen molar-refractivity contribution in [2.24, 2.45) is 0 Å². The number of nitrogens with zero attached hydrogens (tertiary/aromatic N) is 1. The number of amides is 1. The lowest BCUT2D eigenvalue weighted by molar-refractivity contribution is -0.0799. The summed E-state index contributed by atoms with van der Waals surface area (Å²) in [6.45, 7) is 6.90. The van der Waals surface area contributed by atoms with Crippen LogP contribution >= 0.6 is 0 Å². The first kappa shape index (κ1) is 13.6. The molecule has 0 aliphatic carbocycles. The minimum Gasteiger partial charge on any atom is -0.444 e. The van der Waals surface area contributed by atoms with E-state index in [2.05, 4.69) is 5.32 Å². The number of carbonyl (C=O) groups excluding carboxylic acids is 1. The summed E-state index contributed by atoms with van der Waals surface area (Å²) in [6, 6.07) is 0. The largest absolute Gasteiger partial charge is 0.444 e. The van der Waals surface area contributed by atoms with Crippen LogP contribution in [0.1, 0.15) is 27.2 Å². The molecule has 0 aromatic rings. The molecule has 6 heteroatoms. The number of aliphatic hydroxyl groups excluding tert-OH is 2. The Morgan fingerprint density at radius 1 is 1.33 bits per heavy atom. The molecule has 6 nitrogen and oxygen atoms in total. The molecule has 1 amide bonds. The van der Waals surface area contributed by atoms with Gasteiger partial charge in [-0.25, -0.2) is 4.79 Å². The van der Waals surface area contributed by atoms with Gasteiger partial charge in [0.05, 0.1) is 17.7 Å². The summed E-state index contributed by atoms with van der Waals surface area (Å²) in [6.07, 6.45) is -1.29. The lowest BCUT2D eigenvalue weighted by Gasteiger charge is -2.54. The molecule has 2 rings (SSSR count). The van der Waals surface area contributed by atoms with Crippen molar-refractivity contribution in [3.8, 4) is 0 Å². The molecule has 2 fully saturated rings. The highest BCUT2D eigenvalue weighted by Crippen LogP contribution is 2.30. The highest BCUT2D eigenvalue weighted by Gasteiger charge is 2.50. The molecule has 0 radical (unpaired) electrons. The van der Waals surface area contributed by atoms with Crippen LogP contribution in [0.5, 0.6) is 0 Å². The van der Waals surface area contributed by atoms with Crippen molar-refractivity contribution in [2.45, 2.75) is 50.5 Å². The van der Waals surface area contributed by atoms with Gasteiger partial charge >= 0.3 is 6.09 Å². The monoisotopic (exact) mass is 258 g/mol. The third-order valence-corrected chi connectivity index (χ3v) is 3.37. The number of likely N-dealkylation sites (tertiary alicyclic amines) is 1. The number of β-amino-alcohol motifs (C(OH)–C–C–N with tert-alkyl or cyclic N) is 1. The lowest BCUT2D eigenvalue weighted by Crippen LogP contribution is -2.75. The summed E-state index contributed by atoms with van der Waals surface area (Å²) in [5.41, 5.74) is -0.745. The Morgan fingerprint density at radius 2 is 1.94 bits per heavy atom. The molecular formula is C12H22N2O4. The van der Waals surface area contributed by atoms with E-state index in [1.54, 1.807) is 4.90 Å². The van der Waals surface area contributed by atoms with E-state index in [0.717, 1.165) is 0 Å². The fourth-order valence-corrected chi connectivity index (χ4v) is 2.45. The van der Waals surface area contributed by atoms with E-state index in [4.69, 9.17) is 4.74 Å². The fraction of sp³-hybridized carbons (Fsp3) is 0.917. The van der Waals surface area contributed by atoms with E-state index in [9.17, 15) is 15.0 Å². The van der Waals surface area contributed by atoms with Crippen LogP contribution in [0.4, 0.5) is 4.79 Å². The quantitative estimate of drug-likeness (QED) is 0.555. The van der Waals surface area contributed by atoms with Crippen molar-refractivity contribution in [1.82, 2.24) is 10.2 Å². The highest BCUT2D eigenvalue weighted by molar-refractivity contribution is 5.69. The molecule has 2 atom stereocenters. The molecule has 1 spiro atoms. The van der Waals surface area contributed by atoms with E-state index >= 15 is 0 Å². The Labute approximate surface area is 107 Å². The number of aliphatic hydroxyl groups is 2. The molecule has 0 aromatic heterocycles. The van der Waals surface area contributed by atoms with Crippen molar-refractivity contribution >= 4 is 6.09 Å². The molecule has 0 aromatic carbocycles.